The van der Waals surface area contributed by atoms with Gasteiger partial charge in [-0.25, -0.2) is 9.59 Å². The van der Waals surface area contributed by atoms with E-state index in [-0.39, 0.29) is 49.2 Å². The Bertz CT molecular complexity index is 819. The van der Waals surface area contributed by atoms with Crippen molar-refractivity contribution < 1.29 is 33.6 Å². The zero-order valence-electron chi connectivity index (χ0n) is 22.5. The summed E-state index contributed by atoms with van der Waals surface area (Å²) in [6, 6.07) is 0.215. The highest BCUT2D eigenvalue weighted by Crippen LogP contribution is 2.14. The van der Waals surface area contributed by atoms with Gasteiger partial charge in [0.1, 0.15) is 0 Å². The Kier molecular flexibility index (Phi) is 14.2. The van der Waals surface area contributed by atoms with Crippen LogP contribution in [0, 0.1) is 0 Å². The van der Waals surface area contributed by atoms with Crippen LogP contribution in [0.25, 0.3) is 0 Å². The number of hydrogen-bond donors (Lipinski definition) is 4. The van der Waals surface area contributed by atoms with E-state index in [9.17, 15) is 28.8 Å². The first kappa shape index (κ1) is 31.0. The van der Waals surface area contributed by atoms with Crippen molar-refractivity contribution >= 4 is 35.6 Å². The van der Waals surface area contributed by atoms with E-state index in [1.54, 1.807) is 0 Å². The van der Waals surface area contributed by atoms with Crippen LogP contribution in [0.1, 0.15) is 103 Å². The Morgan fingerprint density at radius 1 is 0.763 bits per heavy atom. The summed E-state index contributed by atoms with van der Waals surface area (Å²) in [5.74, 6) is -1.54. The van der Waals surface area contributed by atoms with Crippen molar-refractivity contribution in [2.75, 3.05) is 13.1 Å². The molecule has 214 valence electrons. The van der Waals surface area contributed by atoms with E-state index in [2.05, 4.69) is 21.3 Å². The molecule has 0 spiro atoms. The third-order valence-corrected chi connectivity index (χ3v) is 6.68. The molecule has 0 radical (unpaired) electrons. The van der Waals surface area contributed by atoms with E-state index < -0.39 is 17.8 Å². The highest BCUT2D eigenvalue weighted by Gasteiger charge is 2.32. The van der Waals surface area contributed by atoms with E-state index in [0.29, 0.717) is 43.8 Å². The fraction of sp³-hybridized carbons (Fsp3) is 0.769. The van der Waals surface area contributed by atoms with Crippen molar-refractivity contribution in [3.8, 4) is 0 Å². The molecule has 12 nitrogen and oxygen atoms in total. The van der Waals surface area contributed by atoms with Gasteiger partial charge < -0.3 is 26.1 Å². The molecule has 2 aliphatic rings. The number of amides is 6. The van der Waals surface area contributed by atoms with Gasteiger partial charge in [0.2, 0.25) is 11.8 Å². The summed E-state index contributed by atoms with van der Waals surface area (Å²) in [5, 5.41) is 12.1. The molecule has 2 rings (SSSR count). The zero-order chi connectivity index (χ0) is 27.8. The van der Waals surface area contributed by atoms with E-state index in [0.717, 1.165) is 51.4 Å². The Labute approximate surface area is 224 Å². The third kappa shape index (κ3) is 12.4. The zero-order valence-corrected chi connectivity index (χ0v) is 22.5. The van der Waals surface area contributed by atoms with Crippen molar-refractivity contribution in [1.29, 1.82) is 0 Å². The molecule has 0 aromatic heterocycles. The fourth-order valence-electron chi connectivity index (χ4n) is 4.39. The molecule has 12 heteroatoms. The second kappa shape index (κ2) is 17.4. The normalized spacial score (nSPS) is 18.8. The molecule has 0 unspecified atom stereocenters. The minimum atomic E-state index is -0.603. The quantitative estimate of drug-likeness (QED) is 0.145. The maximum Gasteiger partial charge on any atom is 0.333 e. The molecule has 0 bridgehead atoms. The van der Waals surface area contributed by atoms with Crippen LogP contribution >= 0.6 is 0 Å². The van der Waals surface area contributed by atoms with Crippen molar-refractivity contribution in [2.45, 2.75) is 115 Å². The summed E-state index contributed by atoms with van der Waals surface area (Å²) in [6.45, 7) is 3.13. The van der Waals surface area contributed by atoms with Crippen LogP contribution in [-0.2, 0) is 28.8 Å². The number of hydroxylamine groups is 2. The summed E-state index contributed by atoms with van der Waals surface area (Å²) in [5.41, 5.74) is 0. The Morgan fingerprint density at radius 3 is 1.82 bits per heavy atom. The molecule has 2 heterocycles. The second-order valence-corrected chi connectivity index (χ2v) is 9.98. The van der Waals surface area contributed by atoms with Crippen molar-refractivity contribution in [2.24, 2.45) is 0 Å². The number of carbonyl (C=O) groups is 6. The highest BCUT2D eigenvalue weighted by molar-refractivity contribution is 6.01. The van der Waals surface area contributed by atoms with Crippen LogP contribution in [-0.4, -0.2) is 65.9 Å². The van der Waals surface area contributed by atoms with E-state index in [1.165, 1.54) is 0 Å². The molecule has 2 aliphatic heterocycles. The number of imide groups is 1. The minimum Gasteiger partial charge on any atom is -0.356 e. The summed E-state index contributed by atoms with van der Waals surface area (Å²) in [4.78, 5) is 74.5. The van der Waals surface area contributed by atoms with E-state index in [4.69, 9.17) is 4.84 Å². The molecule has 4 N–H and O–H groups in total. The van der Waals surface area contributed by atoms with Crippen LogP contribution in [0.3, 0.4) is 0 Å². The van der Waals surface area contributed by atoms with Gasteiger partial charge in [-0.05, 0) is 45.4 Å². The first-order valence-corrected chi connectivity index (χ1v) is 13.9. The largest absolute Gasteiger partial charge is 0.356 e. The highest BCUT2D eigenvalue weighted by atomic mass is 16.7. The number of unbranched alkanes of at least 4 members (excludes halogenated alkanes) is 6. The molecular weight excluding hydrogens is 494 g/mol. The van der Waals surface area contributed by atoms with Crippen LogP contribution < -0.4 is 21.3 Å². The third-order valence-electron chi connectivity index (χ3n) is 6.68. The van der Waals surface area contributed by atoms with Crippen LogP contribution in [0.2, 0.25) is 0 Å². The van der Waals surface area contributed by atoms with Crippen LogP contribution in [0.4, 0.5) is 4.79 Å². The summed E-state index contributed by atoms with van der Waals surface area (Å²) < 4.78 is 0. The lowest BCUT2D eigenvalue weighted by Gasteiger charge is -2.13. The van der Waals surface area contributed by atoms with Crippen LogP contribution in [0.15, 0.2) is 0 Å². The average Bonchev–Trinajstić information content (AvgIpc) is 3.37. The number of nitrogens with one attached hydrogen (secondary N) is 4. The SMILES string of the molecule is C[C@@H]1NC(=O)N[C@@H]1CCCCCC(=O)NCCCCCC(=O)NCCCCCC(=O)ON1C(=O)CCC1=O. The van der Waals surface area contributed by atoms with Gasteiger partial charge in [-0.1, -0.05) is 25.7 Å². The molecule has 6 amide bonds. The van der Waals surface area contributed by atoms with Crippen molar-refractivity contribution in [1.82, 2.24) is 26.3 Å². The Hall–Kier alpha value is -3.18. The van der Waals surface area contributed by atoms with Crippen LogP contribution in [0.5, 0.6) is 0 Å². The standard InChI is InChI=1S/C26H43N5O7/c1-19-20(30-26(37)29-19)11-5-2-6-12-21(32)27-17-9-3-7-13-22(33)28-18-10-4-8-14-25(36)38-31-23(34)15-16-24(31)35/h19-20H,2-18H2,1H3,(H,27,32)(H,28,33)(H2,29,30,37)/t19-,20+/m0/s1. The Balaban J connectivity index is 1.33. The van der Waals surface area contributed by atoms with Gasteiger partial charge in [0, 0.05) is 51.2 Å². The monoisotopic (exact) mass is 537 g/mol. The predicted molar refractivity (Wildman–Crippen MR) is 138 cm³/mol. The van der Waals surface area contributed by atoms with Gasteiger partial charge in [0.15, 0.2) is 0 Å². The number of rotatable bonds is 19. The summed E-state index contributed by atoms with van der Waals surface area (Å²) in [6.07, 6.45) is 9.32. The van der Waals surface area contributed by atoms with Crippen molar-refractivity contribution in [3.05, 3.63) is 0 Å². The average molecular weight is 538 g/mol. The predicted octanol–water partition coefficient (Wildman–Crippen LogP) is 1.97. The number of urea groups is 1. The van der Waals surface area contributed by atoms with Gasteiger partial charge in [-0.2, -0.15) is 0 Å². The van der Waals surface area contributed by atoms with Gasteiger partial charge in [0.25, 0.3) is 11.8 Å². The van der Waals surface area contributed by atoms with Gasteiger partial charge in [-0.3, -0.25) is 19.2 Å². The Morgan fingerprint density at radius 2 is 1.29 bits per heavy atom. The van der Waals surface area contributed by atoms with Crippen molar-refractivity contribution in [3.63, 3.8) is 0 Å². The first-order chi connectivity index (χ1) is 18.3. The lowest BCUT2D eigenvalue weighted by molar-refractivity contribution is -0.197. The molecule has 2 saturated heterocycles. The van der Waals surface area contributed by atoms with Gasteiger partial charge in [0.05, 0.1) is 6.04 Å². The van der Waals surface area contributed by atoms with E-state index in [1.807, 2.05) is 6.92 Å². The molecule has 2 atom stereocenters. The maximum atomic E-state index is 11.9. The molecule has 2 fully saturated rings. The number of nitrogens with zero attached hydrogens (tertiary/aromatic N) is 1. The lowest BCUT2D eigenvalue weighted by Crippen LogP contribution is -2.31. The first-order valence-electron chi connectivity index (χ1n) is 13.9. The summed E-state index contributed by atoms with van der Waals surface area (Å²) >= 11 is 0. The molecule has 0 aromatic carbocycles. The fourth-order valence-corrected chi connectivity index (χ4v) is 4.39. The smallest absolute Gasteiger partial charge is 0.333 e. The van der Waals surface area contributed by atoms with E-state index >= 15 is 0 Å². The molecule has 0 aromatic rings. The van der Waals surface area contributed by atoms with Gasteiger partial charge >= 0.3 is 12.0 Å². The topological polar surface area (TPSA) is 163 Å². The second-order valence-electron chi connectivity index (χ2n) is 9.98. The molecule has 38 heavy (non-hydrogen) atoms. The molecule has 0 aliphatic carbocycles. The molecular formula is C26H43N5O7. The molecule has 0 saturated carbocycles. The van der Waals surface area contributed by atoms with Gasteiger partial charge in [-0.15, -0.1) is 5.06 Å². The number of carbonyl (C=O) groups excluding carboxylic acids is 6. The maximum absolute atomic E-state index is 11.9. The number of hydrogen-bond acceptors (Lipinski definition) is 7. The minimum absolute atomic E-state index is 0.0122. The lowest BCUT2D eigenvalue weighted by atomic mass is 10.0. The summed E-state index contributed by atoms with van der Waals surface area (Å²) in [7, 11) is 0.